The number of aliphatic carboxylic acids is 1. The van der Waals surface area contributed by atoms with E-state index in [4.69, 9.17) is 5.11 Å². The summed E-state index contributed by atoms with van der Waals surface area (Å²) in [4.78, 5) is 20.4. The zero-order valence-corrected chi connectivity index (χ0v) is 8.98. The second-order valence-electron chi connectivity index (χ2n) is 3.02. The third-order valence-corrected chi connectivity index (χ3v) is 3.80. The molecule has 0 bridgehead atoms. The Hall–Kier alpha value is -1.48. The summed E-state index contributed by atoms with van der Waals surface area (Å²) >= 11 is 0. The van der Waals surface area contributed by atoms with Crippen LogP contribution in [0.5, 0.6) is 0 Å². The molecule has 0 aliphatic heterocycles. The van der Waals surface area contributed by atoms with Crippen molar-refractivity contribution in [1.82, 2.24) is 0 Å². The molecule has 0 saturated carbocycles. The number of nitro groups is 1. The molecular formula is C9H10NO4P. The van der Waals surface area contributed by atoms with Gasteiger partial charge in [0, 0.05) is 12.1 Å². The molecule has 1 unspecified atom stereocenters. The monoisotopic (exact) mass is 227 g/mol. The molecule has 15 heavy (non-hydrogen) atoms. The lowest BCUT2D eigenvalue weighted by atomic mass is 10.3. The average Bonchev–Trinajstić information content (AvgIpc) is 2.17. The zero-order valence-electron chi connectivity index (χ0n) is 8.08. The van der Waals surface area contributed by atoms with Crippen molar-refractivity contribution >= 4 is 24.9 Å². The summed E-state index contributed by atoms with van der Waals surface area (Å²) in [6.07, 6.45) is 0.0904. The fraction of sp³-hybridized carbons (Fsp3) is 0.222. The minimum Gasteiger partial charge on any atom is -0.481 e. The van der Waals surface area contributed by atoms with Gasteiger partial charge in [-0.1, -0.05) is 7.92 Å². The van der Waals surface area contributed by atoms with E-state index in [9.17, 15) is 14.9 Å². The predicted octanol–water partition coefficient (Wildman–Crippen LogP) is 1.42. The van der Waals surface area contributed by atoms with E-state index >= 15 is 0 Å². The van der Waals surface area contributed by atoms with Gasteiger partial charge >= 0.3 is 5.97 Å². The van der Waals surface area contributed by atoms with E-state index in [2.05, 4.69) is 0 Å². The number of non-ortho nitro benzene ring substituents is 1. The highest BCUT2D eigenvalue weighted by molar-refractivity contribution is 7.65. The van der Waals surface area contributed by atoms with E-state index in [1.54, 1.807) is 12.1 Å². The second-order valence-corrected chi connectivity index (χ2v) is 5.25. The molecule has 0 spiro atoms. The third kappa shape index (κ3) is 3.29. The summed E-state index contributed by atoms with van der Waals surface area (Å²) in [5.41, 5.74) is 0.0254. The van der Waals surface area contributed by atoms with Gasteiger partial charge in [-0.2, -0.15) is 0 Å². The SMILES string of the molecule is CP(CC(=O)O)c1ccc([N+](=O)[O-])cc1. The van der Waals surface area contributed by atoms with E-state index in [1.807, 2.05) is 6.66 Å². The Balaban J connectivity index is 2.79. The van der Waals surface area contributed by atoms with E-state index in [1.165, 1.54) is 12.1 Å². The van der Waals surface area contributed by atoms with Crippen molar-refractivity contribution in [2.45, 2.75) is 0 Å². The predicted molar refractivity (Wildman–Crippen MR) is 58.1 cm³/mol. The molecule has 0 amide bonds. The average molecular weight is 227 g/mol. The van der Waals surface area contributed by atoms with Gasteiger partial charge < -0.3 is 5.11 Å². The standard InChI is InChI=1S/C9H10NO4P/c1-15(6-9(11)12)8-4-2-7(3-5-8)10(13)14/h2-5H,6H2,1H3,(H,11,12). The van der Waals surface area contributed by atoms with Gasteiger partial charge in [-0.25, -0.2) is 0 Å². The van der Waals surface area contributed by atoms with Crippen molar-refractivity contribution in [3.8, 4) is 0 Å². The van der Waals surface area contributed by atoms with Gasteiger partial charge in [0.1, 0.15) is 0 Å². The lowest BCUT2D eigenvalue weighted by molar-refractivity contribution is -0.384. The largest absolute Gasteiger partial charge is 0.481 e. The first kappa shape index (κ1) is 11.6. The Morgan fingerprint density at radius 2 is 2.00 bits per heavy atom. The van der Waals surface area contributed by atoms with E-state index < -0.39 is 18.8 Å². The topological polar surface area (TPSA) is 80.4 Å². The molecule has 1 N–H and O–H groups in total. The quantitative estimate of drug-likeness (QED) is 0.479. The first-order chi connectivity index (χ1) is 7.00. The molecule has 1 atom stereocenters. The van der Waals surface area contributed by atoms with Gasteiger partial charge in [0.05, 0.1) is 11.1 Å². The molecule has 0 heterocycles. The summed E-state index contributed by atoms with van der Waals surface area (Å²) in [5.74, 6) is -0.845. The van der Waals surface area contributed by atoms with Crippen LogP contribution in [0, 0.1) is 10.1 Å². The molecule has 0 aromatic heterocycles. The van der Waals surface area contributed by atoms with Gasteiger partial charge in [-0.3, -0.25) is 14.9 Å². The highest BCUT2D eigenvalue weighted by atomic mass is 31.1. The van der Waals surface area contributed by atoms with Crippen LogP contribution in [0.15, 0.2) is 24.3 Å². The van der Waals surface area contributed by atoms with Gasteiger partial charge in [0.25, 0.3) is 5.69 Å². The first-order valence-corrected chi connectivity index (χ1v) is 6.15. The molecule has 80 valence electrons. The summed E-state index contributed by atoms with van der Waals surface area (Å²) in [6.45, 7) is 1.84. The Labute approximate surface area is 87.6 Å². The Morgan fingerprint density at radius 1 is 1.47 bits per heavy atom. The number of carboxylic acids is 1. The summed E-state index contributed by atoms with van der Waals surface area (Å²) in [5, 5.41) is 19.8. The fourth-order valence-corrected chi connectivity index (χ4v) is 2.37. The molecule has 1 aromatic carbocycles. The number of rotatable bonds is 4. The molecule has 1 aromatic rings. The summed E-state index contributed by atoms with van der Waals surface area (Å²) in [6, 6.07) is 6.03. The van der Waals surface area contributed by atoms with E-state index in [0.717, 1.165) is 5.30 Å². The number of benzene rings is 1. The van der Waals surface area contributed by atoms with Gasteiger partial charge in [-0.15, -0.1) is 0 Å². The van der Waals surface area contributed by atoms with Crippen LogP contribution in [0.1, 0.15) is 0 Å². The van der Waals surface area contributed by atoms with Crippen molar-refractivity contribution in [2.24, 2.45) is 0 Å². The number of hydrogen-bond donors (Lipinski definition) is 1. The maximum Gasteiger partial charge on any atom is 0.308 e. The molecule has 1 rings (SSSR count). The van der Waals surface area contributed by atoms with Gasteiger partial charge in [0.2, 0.25) is 0 Å². The van der Waals surface area contributed by atoms with Crippen LogP contribution in [-0.4, -0.2) is 28.8 Å². The molecule has 0 radical (unpaired) electrons. The molecule has 0 aliphatic rings. The van der Waals surface area contributed by atoms with Crippen LogP contribution >= 0.6 is 7.92 Å². The van der Waals surface area contributed by atoms with Crippen LogP contribution in [0.2, 0.25) is 0 Å². The first-order valence-electron chi connectivity index (χ1n) is 4.18. The maximum atomic E-state index is 10.5. The third-order valence-electron chi connectivity index (χ3n) is 1.87. The summed E-state index contributed by atoms with van der Waals surface area (Å²) in [7, 11) is -0.769. The minimum absolute atomic E-state index is 0.0254. The van der Waals surface area contributed by atoms with Crippen molar-refractivity contribution in [2.75, 3.05) is 12.8 Å². The second kappa shape index (κ2) is 4.84. The van der Waals surface area contributed by atoms with Gasteiger partial charge in [-0.05, 0) is 24.1 Å². The lowest BCUT2D eigenvalue weighted by Gasteiger charge is -2.08. The Kier molecular flexibility index (Phi) is 3.74. The van der Waals surface area contributed by atoms with Crippen LogP contribution in [0.4, 0.5) is 5.69 Å². The van der Waals surface area contributed by atoms with Crippen LogP contribution in [0.25, 0.3) is 0 Å². The molecule has 0 aliphatic carbocycles. The highest BCUT2D eigenvalue weighted by Crippen LogP contribution is 2.29. The van der Waals surface area contributed by atoms with Crippen LogP contribution < -0.4 is 5.30 Å². The van der Waals surface area contributed by atoms with E-state index in [-0.39, 0.29) is 11.8 Å². The van der Waals surface area contributed by atoms with E-state index in [0.29, 0.717) is 0 Å². The molecule has 0 saturated heterocycles. The summed E-state index contributed by atoms with van der Waals surface area (Å²) < 4.78 is 0. The molecule has 5 nitrogen and oxygen atoms in total. The van der Waals surface area contributed by atoms with Crippen LogP contribution in [0.3, 0.4) is 0 Å². The number of nitro benzene ring substituents is 1. The lowest BCUT2D eigenvalue weighted by Crippen LogP contribution is -2.08. The zero-order chi connectivity index (χ0) is 11.4. The molecule has 0 fully saturated rings. The minimum atomic E-state index is -0.845. The van der Waals surface area contributed by atoms with Crippen molar-refractivity contribution in [3.63, 3.8) is 0 Å². The Bertz CT molecular complexity index is 376. The fourth-order valence-electron chi connectivity index (χ4n) is 1.12. The van der Waals surface area contributed by atoms with Crippen molar-refractivity contribution in [1.29, 1.82) is 0 Å². The number of carbonyl (C=O) groups is 1. The molecule has 6 heteroatoms. The van der Waals surface area contributed by atoms with Crippen molar-refractivity contribution < 1.29 is 14.8 Å². The maximum absolute atomic E-state index is 10.5. The van der Waals surface area contributed by atoms with Crippen molar-refractivity contribution in [3.05, 3.63) is 34.4 Å². The normalized spacial score (nSPS) is 12.1. The smallest absolute Gasteiger partial charge is 0.308 e. The Morgan fingerprint density at radius 3 is 2.40 bits per heavy atom. The number of hydrogen-bond acceptors (Lipinski definition) is 3. The van der Waals surface area contributed by atoms with Crippen LogP contribution in [-0.2, 0) is 4.79 Å². The highest BCUT2D eigenvalue weighted by Gasteiger charge is 2.11. The number of carboxylic acid groups (broad SMARTS) is 1. The number of nitrogens with zero attached hydrogens (tertiary/aromatic N) is 1. The molecular weight excluding hydrogens is 217 g/mol. The van der Waals surface area contributed by atoms with Gasteiger partial charge in [0.15, 0.2) is 0 Å².